The normalized spacial score (nSPS) is 11.7. The molecule has 112 valence electrons. The van der Waals surface area contributed by atoms with Crippen LogP contribution in [0.15, 0.2) is 62.7 Å². The lowest BCUT2D eigenvalue weighted by molar-refractivity contribution is 0.602. The zero-order chi connectivity index (χ0) is 15.9. The molecule has 0 spiro atoms. The number of rotatable bonds is 2. The summed E-state index contributed by atoms with van der Waals surface area (Å²) in [5.41, 5.74) is 0.727. The zero-order valence-corrected chi connectivity index (χ0v) is 14.0. The van der Waals surface area contributed by atoms with Crippen molar-refractivity contribution in [2.45, 2.75) is 4.90 Å². The van der Waals surface area contributed by atoms with Crippen molar-refractivity contribution >= 4 is 36.5 Å². The van der Waals surface area contributed by atoms with Gasteiger partial charge in [0.1, 0.15) is 0 Å². The van der Waals surface area contributed by atoms with E-state index in [2.05, 4.69) is 20.9 Å². The number of hydrogen-bond acceptors (Lipinski definition) is 3. The Hall–Kier alpha value is -1.92. The van der Waals surface area contributed by atoms with Crippen LogP contribution in [0.5, 0.6) is 0 Å². The van der Waals surface area contributed by atoms with Crippen LogP contribution in [0.4, 0.5) is 0 Å². The third-order valence-electron chi connectivity index (χ3n) is 3.38. The van der Waals surface area contributed by atoms with Crippen LogP contribution in [-0.2, 0) is 9.84 Å². The molecule has 0 aliphatic rings. The lowest BCUT2D eigenvalue weighted by Crippen LogP contribution is -2.09. The summed E-state index contributed by atoms with van der Waals surface area (Å²) in [5.74, 6) is 0. The highest BCUT2D eigenvalue weighted by molar-refractivity contribution is 9.10. The SMILES string of the molecule is CS(=O)(=O)c1ccccc1-c1cc2ccc(Br)cc2c(=O)[nH]1. The summed E-state index contributed by atoms with van der Waals surface area (Å²) in [4.78, 5) is 15.2. The number of fused-ring (bicyclic) bond motifs is 1. The second kappa shape index (κ2) is 5.37. The Morgan fingerprint density at radius 1 is 1.05 bits per heavy atom. The summed E-state index contributed by atoms with van der Waals surface area (Å²) in [6.07, 6.45) is 1.15. The van der Waals surface area contributed by atoms with E-state index in [0.29, 0.717) is 16.6 Å². The molecule has 0 saturated heterocycles. The minimum absolute atomic E-state index is 0.196. The van der Waals surface area contributed by atoms with E-state index < -0.39 is 9.84 Å². The molecule has 6 heteroatoms. The van der Waals surface area contributed by atoms with Gasteiger partial charge in [-0.1, -0.05) is 40.2 Å². The van der Waals surface area contributed by atoms with E-state index >= 15 is 0 Å². The molecule has 4 nitrogen and oxygen atoms in total. The second-order valence-electron chi connectivity index (χ2n) is 5.01. The molecule has 0 saturated carbocycles. The van der Waals surface area contributed by atoms with E-state index in [0.717, 1.165) is 16.1 Å². The van der Waals surface area contributed by atoms with Crippen LogP contribution in [-0.4, -0.2) is 19.7 Å². The van der Waals surface area contributed by atoms with Crippen molar-refractivity contribution in [1.82, 2.24) is 4.98 Å². The van der Waals surface area contributed by atoms with Crippen LogP contribution < -0.4 is 5.56 Å². The highest BCUT2D eigenvalue weighted by atomic mass is 79.9. The minimum atomic E-state index is -3.38. The number of nitrogens with one attached hydrogen (secondary N) is 1. The number of halogens is 1. The van der Waals surface area contributed by atoms with Gasteiger partial charge < -0.3 is 4.98 Å². The van der Waals surface area contributed by atoms with Crippen LogP contribution in [0.25, 0.3) is 22.0 Å². The van der Waals surface area contributed by atoms with Crippen LogP contribution >= 0.6 is 15.9 Å². The van der Waals surface area contributed by atoms with Crippen molar-refractivity contribution in [1.29, 1.82) is 0 Å². The van der Waals surface area contributed by atoms with Gasteiger partial charge in [-0.3, -0.25) is 4.79 Å². The Bertz CT molecular complexity index is 1040. The Labute approximate surface area is 135 Å². The van der Waals surface area contributed by atoms with E-state index in [1.807, 2.05) is 12.1 Å². The Balaban J connectivity index is 2.33. The summed E-state index contributed by atoms with van der Waals surface area (Å²) >= 11 is 3.34. The fraction of sp³-hybridized carbons (Fsp3) is 0.0625. The summed E-state index contributed by atoms with van der Waals surface area (Å²) in [5, 5.41) is 1.31. The van der Waals surface area contributed by atoms with Crippen LogP contribution in [0, 0.1) is 0 Å². The molecule has 0 aliphatic heterocycles. The van der Waals surface area contributed by atoms with Crippen LogP contribution in [0.3, 0.4) is 0 Å². The molecule has 0 atom stereocenters. The molecular weight excluding hydrogens is 366 g/mol. The Morgan fingerprint density at radius 3 is 2.50 bits per heavy atom. The average molecular weight is 378 g/mol. The first-order chi connectivity index (χ1) is 10.4. The van der Waals surface area contributed by atoms with Crippen molar-refractivity contribution in [2.24, 2.45) is 0 Å². The monoisotopic (exact) mass is 377 g/mol. The van der Waals surface area contributed by atoms with Gasteiger partial charge in [0.15, 0.2) is 9.84 Å². The topological polar surface area (TPSA) is 67.0 Å². The third kappa shape index (κ3) is 2.71. The predicted molar refractivity (Wildman–Crippen MR) is 90.8 cm³/mol. The summed E-state index contributed by atoms with van der Waals surface area (Å²) in [6.45, 7) is 0. The highest BCUT2D eigenvalue weighted by Crippen LogP contribution is 2.27. The predicted octanol–water partition coefficient (Wildman–Crippen LogP) is 3.36. The molecule has 0 radical (unpaired) electrons. The first kappa shape index (κ1) is 15.0. The van der Waals surface area contributed by atoms with Gasteiger partial charge in [0.2, 0.25) is 0 Å². The van der Waals surface area contributed by atoms with E-state index in [-0.39, 0.29) is 10.5 Å². The van der Waals surface area contributed by atoms with Gasteiger partial charge in [0.25, 0.3) is 5.56 Å². The molecular formula is C16H12BrNO3S. The van der Waals surface area contributed by atoms with Gasteiger partial charge in [-0.2, -0.15) is 0 Å². The van der Waals surface area contributed by atoms with Gasteiger partial charge in [0, 0.05) is 21.7 Å². The maximum absolute atomic E-state index is 12.3. The average Bonchev–Trinajstić information content (AvgIpc) is 2.47. The quantitative estimate of drug-likeness (QED) is 0.744. The van der Waals surface area contributed by atoms with Gasteiger partial charge in [-0.15, -0.1) is 0 Å². The first-order valence-electron chi connectivity index (χ1n) is 6.48. The maximum atomic E-state index is 12.3. The molecule has 0 unspecified atom stereocenters. The Morgan fingerprint density at radius 2 is 1.77 bits per heavy atom. The molecule has 3 aromatic rings. The molecule has 1 heterocycles. The van der Waals surface area contributed by atoms with Crippen molar-refractivity contribution < 1.29 is 8.42 Å². The van der Waals surface area contributed by atoms with Crippen LogP contribution in [0.2, 0.25) is 0 Å². The first-order valence-corrected chi connectivity index (χ1v) is 9.17. The molecule has 0 bridgehead atoms. The summed E-state index contributed by atoms with van der Waals surface area (Å²) in [6, 6.07) is 13.8. The van der Waals surface area contributed by atoms with Gasteiger partial charge in [-0.25, -0.2) is 8.42 Å². The van der Waals surface area contributed by atoms with E-state index in [1.54, 1.807) is 30.3 Å². The fourth-order valence-electron chi connectivity index (χ4n) is 2.39. The number of pyridine rings is 1. The van der Waals surface area contributed by atoms with Crippen molar-refractivity contribution in [3.63, 3.8) is 0 Å². The Kier molecular flexibility index (Phi) is 3.66. The summed E-state index contributed by atoms with van der Waals surface area (Å²) < 4.78 is 24.7. The second-order valence-corrected chi connectivity index (χ2v) is 7.91. The van der Waals surface area contributed by atoms with E-state index in [1.165, 1.54) is 6.07 Å². The van der Waals surface area contributed by atoms with Crippen molar-refractivity contribution in [3.05, 3.63) is 63.4 Å². The molecule has 0 aliphatic carbocycles. The molecule has 1 aromatic heterocycles. The largest absolute Gasteiger partial charge is 0.321 e. The maximum Gasteiger partial charge on any atom is 0.256 e. The highest BCUT2D eigenvalue weighted by Gasteiger charge is 2.15. The smallest absolute Gasteiger partial charge is 0.256 e. The molecule has 0 amide bonds. The molecule has 1 N–H and O–H groups in total. The summed E-state index contributed by atoms with van der Waals surface area (Å²) in [7, 11) is -3.38. The van der Waals surface area contributed by atoms with Gasteiger partial charge >= 0.3 is 0 Å². The van der Waals surface area contributed by atoms with Gasteiger partial charge in [0.05, 0.1) is 10.6 Å². The number of benzene rings is 2. The van der Waals surface area contributed by atoms with Gasteiger partial charge in [-0.05, 0) is 29.7 Å². The number of aromatic nitrogens is 1. The van der Waals surface area contributed by atoms with E-state index in [9.17, 15) is 13.2 Å². The molecule has 0 fully saturated rings. The van der Waals surface area contributed by atoms with E-state index in [4.69, 9.17) is 0 Å². The minimum Gasteiger partial charge on any atom is -0.321 e. The molecule has 22 heavy (non-hydrogen) atoms. The number of hydrogen-bond donors (Lipinski definition) is 1. The number of sulfone groups is 1. The molecule has 2 aromatic carbocycles. The van der Waals surface area contributed by atoms with Crippen LogP contribution in [0.1, 0.15) is 0 Å². The zero-order valence-electron chi connectivity index (χ0n) is 11.6. The number of H-pyrrole nitrogens is 1. The fourth-order valence-corrected chi connectivity index (χ4v) is 3.65. The van der Waals surface area contributed by atoms with Crippen molar-refractivity contribution in [2.75, 3.05) is 6.26 Å². The standard InChI is InChI=1S/C16H12BrNO3S/c1-22(20,21)15-5-3-2-4-12(15)14-8-10-6-7-11(17)9-13(10)16(19)18-14/h2-9H,1H3,(H,18,19). The number of aromatic amines is 1. The van der Waals surface area contributed by atoms with Crippen molar-refractivity contribution in [3.8, 4) is 11.3 Å². The lowest BCUT2D eigenvalue weighted by Gasteiger charge is -2.09. The lowest BCUT2D eigenvalue weighted by atomic mass is 10.1. The third-order valence-corrected chi connectivity index (χ3v) is 5.03. The molecule has 3 rings (SSSR count).